The molecule has 0 aliphatic heterocycles. The van der Waals surface area contributed by atoms with E-state index in [1.807, 2.05) is 0 Å². The van der Waals surface area contributed by atoms with Gasteiger partial charge in [-0.25, -0.2) is 8.78 Å². The first kappa shape index (κ1) is 14.2. The first-order chi connectivity index (χ1) is 8.45. The van der Waals surface area contributed by atoms with Crippen molar-refractivity contribution < 1.29 is 18.7 Å². The lowest BCUT2D eigenvalue weighted by molar-refractivity contribution is 0.0510. The molecule has 7 heteroatoms. The average Bonchev–Trinajstić information content (AvgIpc) is 2.27. The van der Waals surface area contributed by atoms with Crippen molar-refractivity contribution in [3.05, 3.63) is 23.8 Å². The molecular formula is C11H15F2N3O2. The molecule has 0 radical (unpaired) electrons. The molecule has 0 aliphatic carbocycles. The van der Waals surface area contributed by atoms with E-state index in [-0.39, 0.29) is 17.8 Å². The van der Waals surface area contributed by atoms with E-state index in [4.69, 9.17) is 16.6 Å². The Hall–Kier alpha value is -1.89. The number of aliphatic hydroxyl groups is 1. The van der Waals surface area contributed by atoms with Crippen molar-refractivity contribution >= 4 is 17.3 Å². The minimum absolute atomic E-state index is 0.0956. The summed E-state index contributed by atoms with van der Waals surface area (Å²) in [6.07, 6.45) is -2.67. The number of aliphatic hydroxyl groups excluding tert-OH is 1. The van der Waals surface area contributed by atoms with Crippen LogP contribution in [0.5, 0.6) is 0 Å². The van der Waals surface area contributed by atoms with Crippen LogP contribution in [0.3, 0.4) is 0 Å². The molecule has 5 N–H and O–H groups in total. The van der Waals surface area contributed by atoms with Crippen LogP contribution in [-0.4, -0.2) is 42.0 Å². The van der Waals surface area contributed by atoms with Gasteiger partial charge in [-0.2, -0.15) is 0 Å². The molecule has 1 amide bonds. The standard InChI is InChI=1S/C11H15F2N3O2/c12-10(13)6-16(3-4-17)11(18)8-2-1-7(14)5-9(8)15/h1-2,5,10,17H,3-4,6,14-15H2. The topological polar surface area (TPSA) is 92.6 Å². The summed E-state index contributed by atoms with van der Waals surface area (Å²) in [6, 6.07) is 4.22. The monoisotopic (exact) mass is 259 g/mol. The maximum Gasteiger partial charge on any atom is 0.256 e. The number of halogens is 2. The van der Waals surface area contributed by atoms with Crippen molar-refractivity contribution in [2.45, 2.75) is 6.43 Å². The second-order valence-electron chi connectivity index (χ2n) is 3.71. The van der Waals surface area contributed by atoms with Crippen molar-refractivity contribution in [2.24, 2.45) is 0 Å². The highest BCUT2D eigenvalue weighted by atomic mass is 19.3. The van der Waals surface area contributed by atoms with Crippen LogP contribution in [0.1, 0.15) is 10.4 Å². The first-order valence-corrected chi connectivity index (χ1v) is 5.29. The van der Waals surface area contributed by atoms with Gasteiger partial charge in [0.25, 0.3) is 12.3 Å². The molecule has 0 saturated carbocycles. The summed E-state index contributed by atoms with van der Waals surface area (Å²) < 4.78 is 24.6. The lowest BCUT2D eigenvalue weighted by atomic mass is 10.1. The average molecular weight is 259 g/mol. The number of anilines is 2. The van der Waals surface area contributed by atoms with Crippen molar-refractivity contribution in [3.63, 3.8) is 0 Å². The minimum atomic E-state index is -2.67. The molecule has 0 heterocycles. The van der Waals surface area contributed by atoms with E-state index in [0.717, 1.165) is 4.90 Å². The van der Waals surface area contributed by atoms with Crippen LogP contribution >= 0.6 is 0 Å². The summed E-state index contributed by atoms with van der Waals surface area (Å²) in [5.74, 6) is -0.651. The van der Waals surface area contributed by atoms with E-state index < -0.39 is 25.5 Å². The van der Waals surface area contributed by atoms with E-state index in [0.29, 0.717) is 5.69 Å². The van der Waals surface area contributed by atoms with Crippen molar-refractivity contribution in [1.82, 2.24) is 4.90 Å². The molecule has 0 aromatic heterocycles. The Labute approximate surface area is 103 Å². The van der Waals surface area contributed by atoms with Gasteiger partial charge < -0.3 is 21.5 Å². The number of benzene rings is 1. The Morgan fingerprint density at radius 1 is 1.39 bits per heavy atom. The van der Waals surface area contributed by atoms with E-state index in [9.17, 15) is 13.6 Å². The molecule has 1 aromatic carbocycles. The quantitative estimate of drug-likeness (QED) is 0.673. The number of amides is 1. The fourth-order valence-electron chi connectivity index (χ4n) is 1.51. The van der Waals surface area contributed by atoms with Gasteiger partial charge in [-0.15, -0.1) is 0 Å². The Kier molecular flexibility index (Phi) is 4.85. The minimum Gasteiger partial charge on any atom is -0.399 e. The third-order valence-electron chi connectivity index (χ3n) is 2.32. The third-order valence-corrected chi connectivity index (χ3v) is 2.32. The van der Waals surface area contributed by atoms with Crippen molar-refractivity contribution in [1.29, 1.82) is 0 Å². The lowest BCUT2D eigenvalue weighted by Crippen LogP contribution is -2.37. The van der Waals surface area contributed by atoms with Crippen LogP contribution in [0.4, 0.5) is 20.2 Å². The van der Waals surface area contributed by atoms with Crippen molar-refractivity contribution in [3.8, 4) is 0 Å². The maximum atomic E-state index is 12.3. The molecule has 1 aromatic rings. The number of carbonyl (C=O) groups is 1. The van der Waals surface area contributed by atoms with Gasteiger partial charge in [0.05, 0.1) is 18.7 Å². The molecule has 0 fully saturated rings. The number of nitrogen functional groups attached to an aromatic ring is 2. The summed E-state index contributed by atoms with van der Waals surface area (Å²) in [4.78, 5) is 12.8. The lowest BCUT2D eigenvalue weighted by Gasteiger charge is -2.22. The maximum absolute atomic E-state index is 12.3. The van der Waals surface area contributed by atoms with Crippen LogP contribution in [0.15, 0.2) is 18.2 Å². The summed E-state index contributed by atoms with van der Waals surface area (Å²) in [7, 11) is 0. The molecule has 1 rings (SSSR count). The highest BCUT2D eigenvalue weighted by Crippen LogP contribution is 2.18. The van der Waals surface area contributed by atoms with E-state index in [1.54, 1.807) is 0 Å². The number of carbonyl (C=O) groups excluding carboxylic acids is 1. The van der Waals surface area contributed by atoms with Gasteiger partial charge in [0, 0.05) is 17.9 Å². The number of alkyl halides is 2. The molecule has 0 aliphatic rings. The number of hydrogen-bond donors (Lipinski definition) is 3. The van der Waals surface area contributed by atoms with Crippen LogP contribution in [0, 0.1) is 0 Å². The second-order valence-corrected chi connectivity index (χ2v) is 3.71. The van der Waals surface area contributed by atoms with Crippen LogP contribution in [0.2, 0.25) is 0 Å². The van der Waals surface area contributed by atoms with Gasteiger partial charge >= 0.3 is 0 Å². The zero-order valence-electron chi connectivity index (χ0n) is 9.64. The number of hydrogen-bond acceptors (Lipinski definition) is 4. The van der Waals surface area contributed by atoms with Gasteiger partial charge in [0.15, 0.2) is 0 Å². The summed E-state index contributed by atoms with van der Waals surface area (Å²) >= 11 is 0. The Morgan fingerprint density at radius 3 is 2.56 bits per heavy atom. The number of nitrogens with zero attached hydrogens (tertiary/aromatic N) is 1. The molecule has 0 saturated heterocycles. The van der Waals surface area contributed by atoms with Crippen molar-refractivity contribution in [2.75, 3.05) is 31.2 Å². The molecular weight excluding hydrogens is 244 g/mol. The predicted molar refractivity (Wildman–Crippen MR) is 64.3 cm³/mol. The zero-order chi connectivity index (χ0) is 13.7. The summed E-state index contributed by atoms with van der Waals surface area (Å²) in [6.45, 7) is -1.32. The molecule has 0 unspecified atom stereocenters. The van der Waals surface area contributed by atoms with Crippen LogP contribution < -0.4 is 11.5 Å². The molecule has 0 spiro atoms. The van der Waals surface area contributed by atoms with E-state index in [1.165, 1.54) is 18.2 Å². The molecule has 5 nitrogen and oxygen atoms in total. The molecule has 0 atom stereocenters. The molecule has 0 bridgehead atoms. The molecule has 18 heavy (non-hydrogen) atoms. The normalized spacial score (nSPS) is 10.7. The Morgan fingerprint density at radius 2 is 2.06 bits per heavy atom. The van der Waals surface area contributed by atoms with Gasteiger partial charge in [0.1, 0.15) is 0 Å². The fraction of sp³-hybridized carbons (Fsp3) is 0.364. The smallest absolute Gasteiger partial charge is 0.256 e. The van der Waals surface area contributed by atoms with Crippen LogP contribution in [-0.2, 0) is 0 Å². The highest BCUT2D eigenvalue weighted by Gasteiger charge is 2.20. The molecule has 100 valence electrons. The van der Waals surface area contributed by atoms with E-state index in [2.05, 4.69) is 0 Å². The summed E-state index contributed by atoms with van der Waals surface area (Å²) in [5.41, 5.74) is 11.7. The number of rotatable bonds is 5. The van der Waals surface area contributed by atoms with Gasteiger partial charge in [-0.3, -0.25) is 4.79 Å². The van der Waals surface area contributed by atoms with Gasteiger partial charge in [-0.05, 0) is 18.2 Å². The Balaban J connectivity index is 2.94. The Bertz CT molecular complexity index is 427. The van der Waals surface area contributed by atoms with Crippen LogP contribution in [0.25, 0.3) is 0 Å². The largest absolute Gasteiger partial charge is 0.399 e. The third kappa shape index (κ3) is 3.56. The van der Waals surface area contributed by atoms with Gasteiger partial charge in [0.2, 0.25) is 0 Å². The number of nitrogens with two attached hydrogens (primary N) is 2. The SMILES string of the molecule is Nc1ccc(C(=O)N(CCO)CC(F)F)c(N)c1. The zero-order valence-corrected chi connectivity index (χ0v) is 9.64. The fourth-order valence-corrected chi connectivity index (χ4v) is 1.51. The van der Waals surface area contributed by atoms with E-state index >= 15 is 0 Å². The highest BCUT2D eigenvalue weighted by molar-refractivity contribution is 5.99. The predicted octanol–water partition coefficient (Wildman–Crippen LogP) is 0.551. The van der Waals surface area contributed by atoms with Gasteiger partial charge in [-0.1, -0.05) is 0 Å². The first-order valence-electron chi connectivity index (χ1n) is 5.29. The second kappa shape index (κ2) is 6.15. The summed E-state index contributed by atoms with van der Waals surface area (Å²) in [5, 5.41) is 8.77.